The summed E-state index contributed by atoms with van der Waals surface area (Å²) in [5.41, 5.74) is 1.86. The number of carbonyl (C=O) groups is 1. The van der Waals surface area contributed by atoms with Gasteiger partial charge in [0.15, 0.2) is 0 Å². The Labute approximate surface area is 143 Å². The largest absolute Gasteiger partial charge is 0.365 e. The Balaban J connectivity index is 1.60. The van der Waals surface area contributed by atoms with Crippen molar-refractivity contribution in [2.24, 2.45) is 0 Å². The molecule has 24 heavy (non-hydrogen) atoms. The summed E-state index contributed by atoms with van der Waals surface area (Å²) in [6.07, 6.45) is 6.43. The van der Waals surface area contributed by atoms with Gasteiger partial charge < -0.3 is 10.6 Å². The molecule has 0 atom stereocenters. The van der Waals surface area contributed by atoms with Crippen LogP contribution in [-0.2, 0) is 6.54 Å². The number of amides is 1. The average Bonchev–Trinajstić information content (AvgIpc) is 2.61. The quantitative estimate of drug-likeness (QED) is 0.744. The van der Waals surface area contributed by atoms with Crippen molar-refractivity contribution in [3.8, 4) is 0 Å². The molecule has 7 heteroatoms. The van der Waals surface area contributed by atoms with Gasteiger partial charge >= 0.3 is 0 Å². The number of halogens is 1. The number of nitrogens with one attached hydrogen (secondary N) is 2. The predicted molar refractivity (Wildman–Crippen MR) is 93.0 cm³/mol. The second kappa shape index (κ2) is 7.52. The van der Waals surface area contributed by atoms with Gasteiger partial charge in [-0.3, -0.25) is 9.78 Å². The topological polar surface area (TPSA) is 79.8 Å². The lowest BCUT2D eigenvalue weighted by Gasteiger charge is -2.07. The summed E-state index contributed by atoms with van der Waals surface area (Å²) in [5, 5.41) is 6.39. The zero-order valence-electron chi connectivity index (χ0n) is 12.6. The van der Waals surface area contributed by atoms with E-state index in [0.717, 1.165) is 5.56 Å². The third-order valence-corrected chi connectivity index (χ3v) is 3.40. The first-order chi connectivity index (χ1) is 11.7. The van der Waals surface area contributed by atoms with Crippen LogP contribution in [0, 0.1) is 0 Å². The highest BCUT2D eigenvalue weighted by Crippen LogP contribution is 2.15. The molecule has 3 aromatic rings. The van der Waals surface area contributed by atoms with Gasteiger partial charge in [-0.2, -0.15) is 0 Å². The van der Waals surface area contributed by atoms with Gasteiger partial charge in [0.2, 0.25) is 0 Å². The molecule has 1 aromatic carbocycles. The van der Waals surface area contributed by atoms with E-state index in [9.17, 15) is 4.79 Å². The van der Waals surface area contributed by atoms with E-state index in [1.165, 1.54) is 12.4 Å². The fraction of sp³-hybridized carbons (Fsp3) is 0.0588. The highest BCUT2D eigenvalue weighted by atomic mass is 35.5. The fourth-order valence-electron chi connectivity index (χ4n) is 1.99. The lowest BCUT2D eigenvalue weighted by Crippen LogP contribution is -2.14. The average molecular weight is 340 g/mol. The van der Waals surface area contributed by atoms with Gasteiger partial charge in [-0.25, -0.2) is 9.97 Å². The van der Waals surface area contributed by atoms with Gasteiger partial charge in [0.05, 0.1) is 12.4 Å². The van der Waals surface area contributed by atoms with E-state index in [1.807, 2.05) is 12.1 Å². The zero-order chi connectivity index (χ0) is 16.8. The molecular formula is C17H14ClN5O. The maximum Gasteiger partial charge on any atom is 0.275 e. The summed E-state index contributed by atoms with van der Waals surface area (Å²) in [4.78, 5) is 24.5. The summed E-state index contributed by atoms with van der Waals surface area (Å²) in [7, 11) is 0. The van der Waals surface area contributed by atoms with Crippen LogP contribution < -0.4 is 10.6 Å². The molecule has 0 radical (unpaired) electrons. The summed E-state index contributed by atoms with van der Waals surface area (Å²) in [6.45, 7) is 0.580. The first-order valence-corrected chi connectivity index (χ1v) is 7.60. The normalized spacial score (nSPS) is 10.2. The van der Waals surface area contributed by atoms with E-state index < -0.39 is 0 Å². The molecule has 0 saturated heterocycles. The highest BCUT2D eigenvalue weighted by molar-refractivity contribution is 6.30. The lowest BCUT2D eigenvalue weighted by molar-refractivity contribution is 0.102. The third-order valence-electron chi connectivity index (χ3n) is 3.16. The van der Waals surface area contributed by atoms with E-state index >= 15 is 0 Å². The van der Waals surface area contributed by atoms with E-state index in [4.69, 9.17) is 11.6 Å². The van der Waals surface area contributed by atoms with Crippen molar-refractivity contribution in [3.05, 3.63) is 77.5 Å². The van der Waals surface area contributed by atoms with Crippen LogP contribution >= 0.6 is 11.6 Å². The molecule has 120 valence electrons. The van der Waals surface area contributed by atoms with Gasteiger partial charge in [0.1, 0.15) is 11.5 Å². The van der Waals surface area contributed by atoms with E-state index in [2.05, 4.69) is 25.6 Å². The molecule has 0 aliphatic heterocycles. The molecule has 3 rings (SSSR count). The summed E-state index contributed by atoms with van der Waals surface area (Å²) in [5.74, 6) is 0.238. The first kappa shape index (κ1) is 15.9. The molecule has 0 spiro atoms. The van der Waals surface area contributed by atoms with Crippen molar-refractivity contribution >= 4 is 29.0 Å². The van der Waals surface area contributed by atoms with Gasteiger partial charge in [-0.15, -0.1) is 0 Å². The minimum atomic E-state index is -0.344. The summed E-state index contributed by atoms with van der Waals surface area (Å²) in [6, 6.07) is 10.7. The van der Waals surface area contributed by atoms with Gasteiger partial charge in [-0.1, -0.05) is 23.7 Å². The van der Waals surface area contributed by atoms with Crippen molar-refractivity contribution in [2.75, 3.05) is 10.6 Å². The maximum absolute atomic E-state index is 12.1. The van der Waals surface area contributed by atoms with Crippen molar-refractivity contribution in [1.29, 1.82) is 0 Å². The van der Waals surface area contributed by atoms with Gasteiger partial charge in [0, 0.05) is 29.6 Å². The van der Waals surface area contributed by atoms with Crippen LogP contribution in [0.2, 0.25) is 5.02 Å². The number of carbonyl (C=O) groups excluding carboxylic acids is 1. The van der Waals surface area contributed by atoms with Crippen molar-refractivity contribution in [2.45, 2.75) is 6.54 Å². The number of rotatable bonds is 5. The molecule has 2 N–H and O–H groups in total. The third kappa shape index (κ3) is 4.27. The molecule has 1 amide bonds. The Morgan fingerprint density at radius 2 is 2.00 bits per heavy atom. The SMILES string of the molecule is O=C(Nc1cccc(Cl)c1)c1cnc(NCc2cccnc2)cn1. The van der Waals surface area contributed by atoms with E-state index in [0.29, 0.717) is 23.1 Å². The first-order valence-electron chi connectivity index (χ1n) is 7.22. The minimum Gasteiger partial charge on any atom is -0.365 e. The Kier molecular flexibility index (Phi) is 4.98. The molecule has 0 aliphatic carbocycles. The number of hydrogen-bond acceptors (Lipinski definition) is 5. The number of anilines is 2. The van der Waals surface area contributed by atoms with Crippen LogP contribution in [0.4, 0.5) is 11.5 Å². The van der Waals surface area contributed by atoms with Gasteiger partial charge in [-0.05, 0) is 29.8 Å². The number of hydrogen-bond donors (Lipinski definition) is 2. The van der Waals surface area contributed by atoms with Crippen LogP contribution in [0.3, 0.4) is 0 Å². The predicted octanol–water partition coefficient (Wildman–Crippen LogP) is 3.39. The zero-order valence-corrected chi connectivity index (χ0v) is 13.4. The summed E-state index contributed by atoms with van der Waals surface area (Å²) < 4.78 is 0. The number of pyridine rings is 1. The Morgan fingerprint density at radius 1 is 1.08 bits per heavy atom. The Bertz CT molecular complexity index is 824. The number of nitrogens with zero attached hydrogens (tertiary/aromatic N) is 3. The molecule has 0 aliphatic rings. The van der Waals surface area contributed by atoms with Crippen molar-refractivity contribution in [1.82, 2.24) is 15.0 Å². The molecule has 2 heterocycles. The van der Waals surface area contributed by atoms with E-state index in [1.54, 1.807) is 36.7 Å². The van der Waals surface area contributed by atoms with Crippen molar-refractivity contribution in [3.63, 3.8) is 0 Å². The molecular weight excluding hydrogens is 326 g/mol. The van der Waals surface area contributed by atoms with Crippen molar-refractivity contribution < 1.29 is 4.79 Å². The monoisotopic (exact) mass is 339 g/mol. The smallest absolute Gasteiger partial charge is 0.275 e. The summed E-state index contributed by atoms with van der Waals surface area (Å²) >= 11 is 5.89. The van der Waals surface area contributed by atoms with Crippen LogP contribution in [0.1, 0.15) is 16.1 Å². The maximum atomic E-state index is 12.1. The molecule has 0 bridgehead atoms. The molecule has 6 nitrogen and oxygen atoms in total. The molecule has 0 unspecified atom stereocenters. The Morgan fingerprint density at radius 3 is 2.71 bits per heavy atom. The van der Waals surface area contributed by atoms with Gasteiger partial charge in [0.25, 0.3) is 5.91 Å². The standard InChI is InChI=1S/C17H14ClN5O/c18-13-4-1-5-14(7-13)23-17(24)15-10-22-16(11-20-15)21-9-12-3-2-6-19-8-12/h1-8,10-11H,9H2,(H,21,22)(H,23,24). The number of benzene rings is 1. The molecule has 2 aromatic heterocycles. The number of aromatic nitrogens is 3. The molecule has 0 fully saturated rings. The second-order valence-corrected chi connectivity index (χ2v) is 5.40. The molecule has 0 saturated carbocycles. The second-order valence-electron chi connectivity index (χ2n) is 4.97. The lowest BCUT2D eigenvalue weighted by atomic mass is 10.3. The highest BCUT2D eigenvalue weighted by Gasteiger charge is 2.08. The fourth-order valence-corrected chi connectivity index (χ4v) is 2.18. The van der Waals surface area contributed by atoms with E-state index in [-0.39, 0.29) is 11.6 Å². The minimum absolute atomic E-state index is 0.224. The van der Waals surface area contributed by atoms with Crippen LogP contribution in [-0.4, -0.2) is 20.9 Å². The van der Waals surface area contributed by atoms with Crippen LogP contribution in [0.25, 0.3) is 0 Å². The van der Waals surface area contributed by atoms with Crippen LogP contribution in [0.15, 0.2) is 61.2 Å². The van der Waals surface area contributed by atoms with Crippen LogP contribution in [0.5, 0.6) is 0 Å². The Hall–Kier alpha value is -2.99.